The molecule has 1 rings (SSSR count). The van der Waals surface area contributed by atoms with E-state index in [-0.39, 0.29) is 10.8 Å². The smallest absolute Gasteiger partial charge is 0.108 e. The van der Waals surface area contributed by atoms with Gasteiger partial charge in [0.05, 0.1) is 0 Å². The first-order chi connectivity index (χ1) is 6.46. The monoisotopic (exact) mass is 232 g/mol. The van der Waals surface area contributed by atoms with Crippen LogP contribution in [0.15, 0.2) is 0 Å². The molecular formula is C12H24O2S. The molecule has 1 saturated heterocycles. The van der Waals surface area contributed by atoms with E-state index in [2.05, 4.69) is 0 Å². The maximum atomic E-state index is 10.8. The van der Waals surface area contributed by atoms with Gasteiger partial charge in [-0.25, -0.2) is 0 Å². The van der Waals surface area contributed by atoms with Crippen LogP contribution >= 0.6 is 11.8 Å². The van der Waals surface area contributed by atoms with Crippen LogP contribution in [0.5, 0.6) is 0 Å². The van der Waals surface area contributed by atoms with Gasteiger partial charge in [-0.1, -0.05) is 41.5 Å². The van der Waals surface area contributed by atoms with Gasteiger partial charge in [0.15, 0.2) is 0 Å². The van der Waals surface area contributed by atoms with Crippen molar-refractivity contribution in [1.82, 2.24) is 0 Å². The Hall–Kier alpha value is 0.270. The van der Waals surface area contributed by atoms with Crippen molar-refractivity contribution < 1.29 is 10.2 Å². The topological polar surface area (TPSA) is 40.5 Å². The summed E-state index contributed by atoms with van der Waals surface area (Å²) in [7, 11) is 0. The van der Waals surface area contributed by atoms with Gasteiger partial charge in [0.2, 0.25) is 0 Å². The normalized spacial score (nSPS) is 38.4. The first kappa shape index (κ1) is 13.3. The highest BCUT2D eigenvalue weighted by Crippen LogP contribution is 2.54. The Bertz CT molecular complexity index is 225. The number of rotatable bonds is 0. The van der Waals surface area contributed by atoms with Gasteiger partial charge in [-0.05, 0) is 10.8 Å². The lowest BCUT2D eigenvalue weighted by Gasteiger charge is -2.52. The van der Waals surface area contributed by atoms with Crippen LogP contribution in [0.1, 0.15) is 41.5 Å². The molecule has 0 amide bonds. The predicted molar refractivity (Wildman–Crippen MR) is 66.1 cm³/mol. The van der Waals surface area contributed by atoms with E-state index < -0.39 is 11.2 Å². The molecule has 0 bridgehead atoms. The van der Waals surface area contributed by atoms with E-state index in [1.165, 1.54) is 0 Å². The Morgan fingerprint density at radius 1 is 0.800 bits per heavy atom. The zero-order chi connectivity index (χ0) is 12.1. The SMILES string of the molecule is CC(C)(C)C1(O)CSCC1(O)C(C)(C)C. The van der Waals surface area contributed by atoms with Crippen LogP contribution < -0.4 is 0 Å². The lowest BCUT2D eigenvalue weighted by atomic mass is 9.59. The van der Waals surface area contributed by atoms with E-state index in [9.17, 15) is 10.2 Å². The van der Waals surface area contributed by atoms with Crippen molar-refractivity contribution in [2.45, 2.75) is 52.7 Å². The van der Waals surface area contributed by atoms with Gasteiger partial charge in [0.1, 0.15) is 11.2 Å². The minimum atomic E-state index is -1.01. The molecule has 3 heteroatoms. The summed E-state index contributed by atoms with van der Waals surface area (Å²) >= 11 is 1.64. The third-order valence-electron chi connectivity index (χ3n) is 3.79. The van der Waals surface area contributed by atoms with Gasteiger partial charge in [-0.15, -0.1) is 0 Å². The van der Waals surface area contributed by atoms with Crippen molar-refractivity contribution >= 4 is 11.8 Å². The molecule has 0 aliphatic carbocycles. The fraction of sp³-hybridized carbons (Fsp3) is 1.00. The van der Waals surface area contributed by atoms with Crippen LogP contribution in [0.25, 0.3) is 0 Å². The van der Waals surface area contributed by atoms with E-state index in [1.807, 2.05) is 41.5 Å². The summed E-state index contributed by atoms with van der Waals surface area (Å²) in [5.41, 5.74) is -2.64. The average molecular weight is 232 g/mol. The molecule has 0 spiro atoms. The summed E-state index contributed by atoms with van der Waals surface area (Å²) in [5, 5.41) is 21.6. The van der Waals surface area contributed by atoms with Gasteiger partial charge in [0.25, 0.3) is 0 Å². The summed E-state index contributed by atoms with van der Waals surface area (Å²) in [5.74, 6) is 1.23. The standard InChI is InChI=1S/C12H24O2S/c1-9(2,3)11(13)7-15-8-12(11,14)10(4,5)6/h13-14H,7-8H2,1-6H3. The first-order valence-corrected chi connectivity index (χ1v) is 6.64. The molecular weight excluding hydrogens is 208 g/mol. The van der Waals surface area contributed by atoms with Crippen molar-refractivity contribution in [1.29, 1.82) is 0 Å². The number of thioether (sulfide) groups is 1. The second-order valence-corrected chi connectivity index (χ2v) is 7.70. The number of hydrogen-bond donors (Lipinski definition) is 2. The molecule has 0 aromatic rings. The van der Waals surface area contributed by atoms with E-state index in [0.717, 1.165) is 0 Å². The van der Waals surface area contributed by atoms with Crippen molar-refractivity contribution in [3.05, 3.63) is 0 Å². The minimum absolute atomic E-state index is 0.307. The van der Waals surface area contributed by atoms with Crippen LogP contribution in [-0.4, -0.2) is 32.9 Å². The Morgan fingerprint density at radius 2 is 1.07 bits per heavy atom. The second kappa shape index (κ2) is 3.38. The zero-order valence-corrected chi connectivity index (χ0v) is 11.5. The van der Waals surface area contributed by atoms with Crippen molar-refractivity contribution in [3.63, 3.8) is 0 Å². The third kappa shape index (κ3) is 1.73. The summed E-state index contributed by atoms with van der Waals surface area (Å²) in [6.07, 6.45) is 0. The summed E-state index contributed by atoms with van der Waals surface area (Å²) in [6, 6.07) is 0. The van der Waals surface area contributed by atoms with Crippen molar-refractivity contribution in [2.24, 2.45) is 10.8 Å². The maximum Gasteiger partial charge on any atom is 0.108 e. The molecule has 2 unspecified atom stereocenters. The van der Waals surface area contributed by atoms with E-state index in [4.69, 9.17) is 0 Å². The van der Waals surface area contributed by atoms with Crippen LogP contribution in [0.2, 0.25) is 0 Å². The molecule has 0 saturated carbocycles. The Morgan fingerprint density at radius 3 is 1.27 bits per heavy atom. The summed E-state index contributed by atoms with van der Waals surface area (Å²) in [6.45, 7) is 12.0. The molecule has 0 radical (unpaired) electrons. The van der Waals surface area contributed by atoms with Gasteiger partial charge in [0, 0.05) is 11.5 Å². The molecule has 0 aromatic carbocycles. The van der Waals surface area contributed by atoms with Crippen LogP contribution in [0.4, 0.5) is 0 Å². The maximum absolute atomic E-state index is 10.8. The molecule has 2 atom stereocenters. The summed E-state index contributed by atoms with van der Waals surface area (Å²) in [4.78, 5) is 0. The third-order valence-corrected chi connectivity index (χ3v) is 5.03. The quantitative estimate of drug-likeness (QED) is 0.673. The first-order valence-electron chi connectivity index (χ1n) is 5.48. The lowest BCUT2D eigenvalue weighted by Crippen LogP contribution is -2.66. The fourth-order valence-corrected chi connectivity index (χ4v) is 4.30. The molecule has 0 aromatic heterocycles. The number of hydrogen-bond acceptors (Lipinski definition) is 3. The van der Waals surface area contributed by atoms with Gasteiger partial charge in [-0.3, -0.25) is 0 Å². The van der Waals surface area contributed by atoms with Crippen LogP contribution in [0.3, 0.4) is 0 Å². The molecule has 90 valence electrons. The molecule has 2 nitrogen and oxygen atoms in total. The van der Waals surface area contributed by atoms with Gasteiger partial charge in [-0.2, -0.15) is 11.8 Å². The Balaban J connectivity index is 3.21. The van der Waals surface area contributed by atoms with Crippen LogP contribution in [-0.2, 0) is 0 Å². The molecule has 1 aliphatic rings. The lowest BCUT2D eigenvalue weighted by molar-refractivity contribution is -0.214. The highest BCUT2D eigenvalue weighted by Gasteiger charge is 2.64. The predicted octanol–water partition coefficient (Wildman–Crippen LogP) is 2.29. The second-order valence-electron chi connectivity index (χ2n) is 6.71. The Labute approximate surface area is 97.5 Å². The highest BCUT2D eigenvalue weighted by atomic mass is 32.2. The largest absolute Gasteiger partial charge is 0.385 e. The van der Waals surface area contributed by atoms with Crippen molar-refractivity contribution in [2.75, 3.05) is 11.5 Å². The minimum Gasteiger partial charge on any atom is -0.385 e. The molecule has 1 fully saturated rings. The van der Waals surface area contributed by atoms with Crippen molar-refractivity contribution in [3.8, 4) is 0 Å². The van der Waals surface area contributed by atoms with E-state index >= 15 is 0 Å². The number of aliphatic hydroxyl groups is 2. The molecule has 1 heterocycles. The van der Waals surface area contributed by atoms with Gasteiger partial charge < -0.3 is 10.2 Å². The summed E-state index contributed by atoms with van der Waals surface area (Å²) < 4.78 is 0. The fourth-order valence-electron chi connectivity index (χ4n) is 2.26. The zero-order valence-electron chi connectivity index (χ0n) is 10.7. The van der Waals surface area contributed by atoms with Gasteiger partial charge >= 0.3 is 0 Å². The average Bonchev–Trinajstić information content (AvgIpc) is 2.27. The molecule has 15 heavy (non-hydrogen) atoms. The van der Waals surface area contributed by atoms with Crippen LogP contribution in [0, 0.1) is 10.8 Å². The van der Waals surface area contributed by atoms with E-state index in [0.29, 0.717) is 11.5 Å². The van der Waals surface area contributed by atoms with E-state index in [1.54, 1.807) is 11.8 Å². The molecule has 2 N–H and O–H groups in total. The molecule has 1 aliphatic heterocycles. The Kier molecular flexibility index (Phi) is 3.00. The highest BCUT2D eigenvalue weighted by molar-refractivity contribution is 7.99.